The lowest BCUT2D eigenvalue weighted by Crippen LogP contribution is -2.49. The molecule has 6 heteroatoms. The van der Waals surface area contributed by atoms with E-state index in [4.69, 9.17) is 4.74 Å². The topological polar surface area (TPSA) is 50.6 Å². The minimum absolute atomic E-state index is 0.0162. The molecule has 0 bridgehead atoms. The molecule has 1 aliphatic heterocycles. The molecule has 2 heterocycles. The zero-order chi connectivity index (χ0) is 17.4. The summed E-state index contributed by atoms with van der Waals surface area (Å²) in [5.74, 6) is 0.970. The van der Waals surface area contributed by atoms with Gasteiger partial charge in [-0.1, -0.05) is 0 Å². The Morgan fingerprint density at radius 3 is 2.92 bits per heavy atom. The Labute approximate surface area is 150 Å². The molecule has 1 saturated carbocycles. The van der Waals surface area contributed by atoms with E-state index in [1.54, 1.807) is 0 Å². The molecule has 0 spiro atoms. The SMILES string of the molecule is CN1CCO[C@@H](CN(CC2CC2)C(=O)[C@@H]2CCCc3nn(C)cc32)C1. The smallest absolute Gasteiger partial charge is 0.230 e. The number of ether oxygens (including phenoxy) is 1. The minimum atomic E-state index is -0.0162. The standard InChI is InChI=1S/C19H30N4O2/c1-21-8-9-25-15(11-21)12-23(10-14-6-7-14)19(24)16-4-3-5-18-17(16)13-22(2)20-18/h13-16H,3-12H2,1-2H3/t15-,16-/m1/s1. The Morgan fingerprint density at radius 1 is 1.32 bits per heavy atom. The van der Waals surface area contributed by atoms with Crippen molar-refractivity contribution in [2.75, 3.05) is 39.8 Å². The van der Waals surface area contributed by atoms with Crippen LogP contribution in [0.25, 0.3) is 0 Å². The van der Waals surface area contributed by atoms with Crippen LogP contribution in [0.2, 0.25) is 0 Å². The molecular formula is C19H30N4O2. The fourth-order valence-electron chi connectivity index (χ4n) is 4.23. The Bertz CT molecular complexity index is 625. The minimum Gasteiger partial charge on any atom is -0.374 e. The second kappa shape index (κ2) is 7.08. The second-order valence-electron chi connectivity index (χ2n) is 8.09. The summed E-state index contributed by atoms with van der Waals surface area (Å²) in [6.07, 6.45) is 7.72. The highest BCUT2D eigenvalue weighted by molar-refractivity contribution is 5.84. The molecule has 0 radical (unpaired) electrons. The summed E-state index contributed by atoms with van der Waals surface area (Å²) in [6, 6.07) is 0. The molecule has 25 heavy (non-hydrogen) atoms. The van der Waals surface area contributed by atoms with E-state index in [-0.39, 0.29) is 17.9 Å². The fraction of sp³-hybridized carbons (Fsp3) is 0.789. The van der Waals surface area contributed by atoms with Gasteiger partial charge in [0.1, 0.15) is 0 Å². The number of rotatable bonds is 5. The van der Waals surface area contributed by atoms with E-state index < -0.39 is 0 Å². The van der Waals surface area contributed by atoms with Crippen LogP contribution in [-0.4, -0.2) is 71.4 Å². The number of carbonyl (C=O) groups excluding carboxylic acids is 1. The number of amides is 1. The Balaban J connectivity index is 1.49. The van der Waals surface area contributed by atoms with Crippen LogP contribution in [0.4, 0.5) is 0 Å². The molecule has 2 aliphatic carbocycles. The molecule has 0 N–H and O–H groups in total. The molecule has 1 aromatic heterocycles. The van der Waals surface area contributed by atoms with Crippen molar-refractivity contribution in [3.8, 4) is 0 Å². The van der Waals surface area contributed by atoms with Crippen LogP contribution >= 0.6 is 0 Å². The monoisotopic (exact) mass is 346 g/mol. The van der Waals surface area contributed by atoms with Crippen LogP contribution in [0.15, 0.2) is 6.20 Å². The quantitative estimate of drug-likeness (QED) is 0.809. The number of fused-ring (bicyclic) bond motifs is 1. The lowest BCUT2D eigenvalue weighted by molar-refractivity contribution is -0.136. The van der Waals surface area contributed by atoms with E-state index in [0.29, 0.717) is 5.92 Å². The summed E-state index contributed by atoms with van der Waals surface area (Å²) in [4.78, 5) is 17.8. The number of aromatic nitrogens is 2. The number of nitrogens with zero attached hydrogens (tertiary/aromatic N) is 4. The maximum atomic E-state index is 13.4. The number of morpholine rings is 1. The predicted molar refractivity (Wildman–Crippen MR) is 95.4 cm³/mol. The zero-order valence-electron chi connectivity index (χ0n) is 15.5. The summed E-state index contributed by atoms with van der Waals surface area (Å²) in [6.45, 7) is 4.29. The highest BCUT2D eigenvalue weighted by Gasteiger charge is 2.36. The van der Waals surface area contributed by atoms with Gasteiger partial charge in [0.05, 0.1) is 24.3 Å². The number of hydrogen-bond donors (Lipinski definition) is 0. The van der Waals surface area contributed by atoms with Gasteiger partial charge in [-0.25, -0.2) is 0 Å². The molecule has 3 aliphatic rings. The Kier molecular flexibility index (Phi) is 4.82. The van der Waals surface area contributed by atoms with Gasteiger partial charge in [-0.3, -0.25) is 9.48 Å². The molecule has 1 amide bonds. The molecule has 138 valence electrons. The van der Waals surface area contributed by atoms with E-state index in [9.17, 15) is 4.79 Å². The summed E-state index contributed by atoms with van der Waals surface area (Å²) in [5.41, 5.74) is 2.27. The normalized spacial score (nSPS) is 27.1. The van der Waals surface area contributed by atoms with Crippen LogP contribution < -0.4 is 0 Å². The van der Waals surface area contributed by atoms with Gasteiger partial charge in [0.15, 0.2) is 0 Å². The van der Waals surface area contributed by atoms with Crippen molar-refractivity contribution in [3.05, 3.63) is 17.5 Å². The van der Waals surface area contributed by atoms with Gasteiger partial charge < -0.3 is 14.5 Å². The molecule has 1 saturated heterocycles. The highest BCUT2D eigenvalue weighted by Crippen LogP contribution is 2.35. The average molecular weight is 346 g/mol. The number of hydrogen-bond acceptors (Lipinski definition) is 4. The summed E-state index contributed by atoms with van der Waals surface area (Å²) in [7, 11) is 4.08. The third-order valence-corrected chi connectivity index (χ3v) is 5.77. The van der Waals surface area contributed by atoms with Crippen LogP contribution in [-0.2, 0) is 23.0 Å². The molecule has 4 rings (SSSR count). The van der Waals surface area contributed by atoms with E-state index in [2.05, 4.69) is 28.1 Å². The summed E-state index contributed by atoms with van der Waals surface area (Å²) < 4.78 is 7.80. The number of carbonyl (C=O) groups is 1. The first kappa shape index (κ1) is 17.0. The first-order valence-electron chi connectivity index (χ1n) is 9.71. The molecule has 1 aromatic rings. The molecule has 2 fully saturated rings. The largest absolute Gasteiger partial charge is 0.374 e. The Hall–Kier alpha value is -1.40. The number of aryl methyl sites for hydroxylation is 2. The van der Waals surface area contributed by atoms with Gasteiger partial charge in [0.25, 0.3) is 0 Å². The van der Waals surface area contributed by atoms with Crippen LogP contribution in [0.3, 0.4) is 0 Å². The van der Waals surface area contributed by atoms with Crippen LogP contribution in [0, 0.1) is 5.92 Å². The van der Waals surface area contributed by atoms with Crippen LogP contribution in [0.1, 0.15) is 42.9 Å². The van der Waals surface area contributed by atoms with Crippen molar-refractivity contribution in [3.63, 3.8) is 0 Å². The molecule has 6 nitrogen and oxygen atoms in total. The predicted octanol–water partition coefficient (Wildman–Crippen LogP) is 1.41. The van der Waals surface area contributed by atoms with Gasteiger partial charge in [0.2, 0.25) is 5.91 Å². The second-order valence-corrected chi connectivity index (χ2v) is 8.09. The van der Waals surface area contributed by atoms with Crippen molar-refractivity contribution in [2.24, 2.45) is 13.0 Å². The van der Waals surface area contributed by atoms with Gasteiger partial charge in [0, 0.05) is 45.0 Å². The lowest BCUT2D eigenvalue weighted by Gasteiger charge is -2.36. The number of likely N-dealkylation sites (N-methyl/N-ethyl adjacent to an activating group) is 1. The van der Waals surface area contributed by atoms with E-state index in [1.807, 2.05) is 11.7 Å². The van der Waals surface area contributed by atoms with Crippen molar-refractivity contribution in [1.29, 1.82) is 0 Å². The first-order chi connectivity index (χ1) is 12.1. The first-order valence-corrected chi connectivity index (χ1v) is 9.71. The van der Waals surface area contributed by atoms with Crippen molar-refractivity contribution >= 4 is 5.91 Å². The van der Waals surface area contributed by atoms with Gasteiger partial charge in [-0.05, 0) is 45.1 Å². The third kappa shape index (κ3) is 3.90. The van der Waals surface area contributed by atoms with E-state index >= 15 is 0 Å². The fourth-order valence-corrected chi connectivity index (χ4v) is 4.23. The van der Waals surface area contributed by atoms with Crippen molar-refractivity contribution < 1.29 is 9.53 Å². The molecule has 0 aromatic carbocycles. The van der Waals surface area contributed by atoms with Crippen LogP contribution in [0.5, 0.6) is 0 Å². The van der Waals surface area contributed by atoms with Gasteiger partial charge >= 0.3 is 0 Å². The average Bonchev–Trinajstić information content (AvgIpc) is 3.31. The van der Waals surface area contributed by atoms with E-state index in [0.717, 1.165) is 63.3 Å². The Morgan fingerprint density at radius 2 is 2.16 bits per heavy atom. The summed E-state index contributed by atoms with van der Waals surface area (Å²) in [5, 5.41) is 4.56. The van der Waals surface area contributed by atoms with Gasteiger partial charge in [-0.15, -0.1) is 0 Å². The molecule has 2 atom stereocenters. The zero-order valence-corrected chi connectivity index (χ0v) is 15.5. The maximum Gasteiger partial charge on any atom is 0.230 e. The highest BCUT2D eigenvalue weighted by atomic mass is 16.5. The van der Waals surface area contributed by atoms with Gasteiger partial charge in [-0.2, -0.15) is 5.10 Å². The molecule has 0 unspecified atom stereocenters. The van der Waals surface area contributed by atoms with Crippen molar-refractivity contribution in [1.82, 2.24) is 19.6 Å². The lowest BCUT2D eigenvalue weighted by atomic mass is 9.86. The molecular weight excluding hydrogens is 316 g/mol. The third-order valence-electron chi connectivity index (χ3n) is 5.77. The van der Waals surface area contributed by atoms with E-state index in [1.165, 1.54) is 12.8 Å². The summed E-state index contributed by atoms with van der Waals surface area (Å²) >= 11 is 0. The van der Waals surface area contributed by atoms with Crippen molar-refractivity contribution in [2.45, 2.75) is 44.1 Å². The maximum absolute atomic E-state index is 13.4.